The minimum atomic E-state index is -0.515. The number of halogens is 1. The Bertz CT molecular complexity index is 979. The van der Waals surface area contributed by atoms with E-state index in [1.54, 1.807) is 24.5 Å². The van der Waals surface area contributed by atoms with Gasteiger partial charge in [0.05, 0.1) is 28.9 Å². The maximum absolute atomic E-state index is 12.5. The van der Waals surface area contributed by atoms with Crippen molar-refractivity contribution >= 4 is 35.0 Å². The van der Waals surface area contributed by atoms with E-state index in [9.17, 15) is 9.59 Å². The summed E-state index contributed by atoms with van der Waals surface area (Å²) in [4.78, 5) is 32.3. The first kappa shape index (κ1) is 19.3. The number of ether oxygens (including phenoxy) is 1. The maximum Gasteiger partial charge on any atom is 0.337 e. The molecule has 2 heterocycles. The number of rotatable bonds is 6. The number of carbonyl (C=O) groups excluding carboxylic acids is 2. The third-order valence-electron chi connectivity index (χ3n) is 3.88. The van der Waals surface area contributed by atoms with Gasteiger partial charge >= 0.3 is 5.97 Å². The number of nitrogens with one attached hydrogen (secondary N) is 2. The van der Waals surface area contributed by atoms with E-state index >= 15 is 0 Å². The Morgan fingerprint density at radius 3 is 2.50 bits per heavy atom. The normalized spacial score (nSPS) is 10.2. The number of amides is 1. The lowest BCUT2D eigenvalue weighted by Crippen LogP contribution is -2.13. The van der Waals surface area contributed by atoms with E-state index in [1.165, 1.54) is 31.5 Å². The van der Waals surface area contributed by atoms with Gasteiger partial charge in [0.1, 0.15) is 5.82 Å². The van der Waals surface area contributed by atoms with Crippen molar-refractivity contribution in [2.45, 2.75) is 6.54 Å². The fourth-order valence-corrected chi connectivity index (χ4v) is 2.55. The molecule has 8 heteroatoms. The predicted octanol–water partition coefficient (Wildman–Crippen LogP) is 3.78. The van der Waals surface area contributed by atoms with Crippen molar-refractivity contribution in [3.8, 4) is 0 Å². The van der Waals surface area contributed by atoms with Crippen LogP contribution in [0.3, 0.4) is 0 Å². The molecule has 2 N–H and O–H groups in total. The molecule has 0 atom stereocenters. The van der Waals surface area contributed by atoms with Gasteiger partial charge in [-0.05, 0) is 48.0 Å². The molecule has 0 aliphatic carbocycles. The first-order valence-electron chi connectivity index (χ1n) is 8.35. The molecule has 0 saturated heterocycles. The number of anilines is 2. The van der Waals surface area contributed by atoms with E-state index in [-0.39, 0.29) is 5.56 Å². The molecule has 3 rings (SSSR count). The molecule has 3 aromatic rings. The number of methoxy groups -OCH3 is 1. The molecule has 0 aliphatic rings. The minimum absolute atomic E-state index is 0.288. The molecule has 0 bridgehead atoms. The van der Waals surface area contributed by atoms with E-state index in [1.807, 2.05) is 12.1 Å². The minimum Gasteiger partial charge on any atom is -0.465 e. The summed E-state index contributed by atoms with van der Waals surface area (Å²) in [6.45, 7) is 0.594. The van der Waals surface area contributed by atoms with Crippen molar-refractivity contribution in [3.63, 3.8) is 0 Å². The van der Waals surface area contributed by atoms with Crippen LogP contribution < -0.4 is 10.6 Å². The second-order valence-electron chi connectivity index (χ2n) is 5.78. The molecule has 1 amide bonds. The number of hydrogen-bond acceptors (Lipinski definition) is 6. The van der Waals surface area contributed by atoms with Gasteiger partial charge in [-0.3, -0.25) is 9.78 Å². The Morgan fingerprint density at radius 1 is 1.07 bits per heavy atom. The average Bonchev–Trinajstić information content (AvgIpc) is 2.74. The Balaban J connectivity index is 1.65. The van der Waals surface area contributed by atoms with Crippen LogP contribution in [0.25, 0.3) is 0 Å². The molecular weight excluding hydrogens is 380 g/mol. The highest BCUT2D eigenvalue weighted by Crippen LogP contribution is 2.24. The lowest BCUT2D eigenvalue weighted by molar-refractivity contribution is 0.0600. The Hall–Kier alpha value is -3.45. The molecule has 0 saturated carbocycles. The summed E-state index contributed by atoms with van der Waals surface area (Å²) in [7, 11) is 1.28. The van der Waals surface area contributed by atoms with Crippen LogP contribution in [-0.4, -0.2) is 29.0 Å². The monoisotopic (exact) mass is 396 g/mol. The van der Waals surface area contributed by atoms with Gasteiger partial charge in [0, 0.05) is 25.1 Å². The SMILES string of the molecule is COC(=O)c1ccc(Cl)c(NC(=O)c2ccc(NCc3ccncc3)nc2)c1. The average molecular weight is 397 g/mol. The Morgan fingerprint density at radius 2 is 1.82 bits per heavy atom. The van der Waals surface area contributed by atoms with E-state index < -0.39 is 11.9 Å². The quantitative estimate of drug-likeness (QED) is 0.616. The second-order valence-corrected chi connectivity index (χ2v) is 6.19. The van der Waals surface area contributed by atoms with Crippen molar-refractivity contribution in [3.05, 3.63) is 82.8 Å². The van der Waals surface area contributed by atoms with Gasteiger partial charge in [-0.2, -0.15) is 0 Å². The molecule has 2 aromatic heterocycles. The Labute approximate surface area is 166 Å². The van der Waals surface area contributed by atoms with Crippen LogP contribution in [-0.2, 0) is 11.3 Å². The smallest absolute Gasteiger partial charge is 0.337 e. The van der Waals surface area contributed by atoms with Gasteiger partial charge in [-0.1, -0.05) is 11.6 Å². The molecule has 28 heavy (non-hydrogen) atoms. The van der Waals surface area contributed by atoms with Crippen molar-refractivity contribution in [2.75, 3.05) is 17.7 Å². The number of aromatic nitrogens is 2. The van der Waals surface area contributed by atoms with Gasteiger partial charge in [-0.25, -0.2) is 9.78 Å². The first-order valence-corrected chi connectivity index (χ1v) is 8.72. The van der Waals surface area contributed by atoms with Crippen LogP contribution in [0.4, 0.5) is 11.5 Å². The fourth-order valence-electron chi connectivity index (χ4n) is 2.39. The largest absolute Gasteiger partial charge is 0.465 e. The van der Waals surface area contributed by atoms with Crippen LogP contribution in [0.2, 0.25) is 5.02 Å². The standard InChI is InChI=1S/C20H17ClN4O3/c1-28-20(27)14-2-4-16(21)17(10-14)25-19(26)15-3-5-18(24-12-15)23-11-13-6-8-22-9-7-13/h2-10,12H,11H2,1H3,(H,23,24)(H,25,26). The van der Waals surface area contributed by atoms with Gasteiger partial charge in [-0.15, -0.1) is 0 Å². The summed E-state index contributed by atoms with van der Waals surface area (Å²) < 4.78 is 4.67. The molecule has 142 valence electrons. The molecule has 0 fully saturated rings. The zero-order valence-electron chi connectivity index (χ0n) is 15.0. The number of hydrogen-bond donors (Lipinski definition) is 2. The number of nitrogens with zero attached hydrogens (tertiary/aromatic N) is 2. The van der Waals surface area contributed by atoms with Crippen molar-refractivity contribution in [1.29, 1.82) is 0 Å². The van der Waals surface area contributed by atoms with Crippen molar-refractivity contribution < 1.29 is 14.3 Å². The van der Waals surface area contributed by atoms with E-state index in [4.69, 9.17) is 11.6 Å². The molecule has 1 aromatic carbocycles. The Kier molecular flexibility index (Phi) is 6.18. The van der Waals surface area contributed by atoms with Gasteiger partial charge < -0.3 is 15.4 Å². The zero-order chi connectivity index (χ0) is 19.9. The molecule has 0 aliphatic heterocycles. The second kappa shape index (κ2) is 8.96. The topological polar surface area (TPSA) is 93.2 Å². The number of pyridine rings is 2. The summed E-state index contributed by atoms with van der Waals surface area (Å²) in [5.74, 6) is -0.269. The van der Waals surface area contributed by atoms with E-state index in [0.717, 1.165) is 5.56 Å². The van der Waals surface area contributed by atoms with Crippen LogP contribution >= 0.6 is 11.6 Å². The number of carbonyl (C=O) groups is 2. The van der Waals surface area contributed by atoms with E-state index in [2.05, 4.69) is 25.3 Å². The molecule has 7 nitrogen and oxygen atoms in total. The number of benzene rings is 1. The number of esters is 1. The predicted molar refractivity (Wildman–Crippen MR) is 107 cm³/mol. The van der Waals surface area contributed by atoms with Crippen LogP contribution in [0.5, 0.6) is 0 Å². The van der Waals surface area contributed by atoms with Gasteiger partial charge in [0.2, 0.25) is 0 Å². The third kappa shape index (κ3) is 4.83. The van der Waals surface area contributed by atoms with Crippen LogP contribution in [0, 0.1) is 0 Å². The molecule has 0 unspecified atom stereocenters. The molecular formula is C20H17ClN4O3. The highest BCUT2D eigenvalue weighted by atomic mass is 35.5. The highest BCUT2D eigenvalue weighted by molar-refractivity contribution is 6.34. The highest BCUT2D eigenvalue weighted by Gasteiger charge is 2.13. The maximum atomic E-state index is 12.5. The van der Waals surface area contributed by atoms with Gasteiger partial charge in [0.25, 0.3) is 5.91 Å². The van der Waals surface area contributed by atoms with Crippen LogP contribution in [0.15, 0.2) is 61.1 Å². The third-order valence-corrected chi connectivity index (χ3v) is 4.21. The van der Waals surface area contributed by atoms with Crippen molar-refractivity contribution in [1.82, 2.24) is 9.97 Å². The van der Waals surface area contributed by atoms with Crippen molar-refractivity contribution in [2.24, 2.45) is 0 Å². The summed E-state index contributed by atoms with van der Waals surface area (Å²) in [5.41, 5.74) is 2.03. The first-order chi connectivity index (χ1) is 13.6. The lowest BCUT2D eigenvalue weighted by atomic mass is 10.2. The van der Waals surface area contributed by atoms with Crippen LogP contribution in [0.1, 0.15) is 26.3 Å². The molecule has 0 radical (unpaired) electrons. The van der Waals surface area contributed by atoms with E-state index in [0.29, 0.717) is 28.6 Å². The summed E-state index contributed by atoms with van der Waals surface area (Å²) in [6, 6.07) is 11.7. The zero-order valence-corrected chi connectivity index (χ0v) is 15.7. The fraction of sp³-hybridized carbons (Fsp3) is 0.100. The summed E-state index contributed by atoms with van der Waals surface area (Å²) in [6.07, 6.45) is 4.90. The summed E-state index contributed by atoms with van der Waals surface area (Å²) in [5, 5.41) is 6.16. The molecule has 0 spiro atoms. The summed E-state index contributed by atoms with van der Waals surface area (Å²) >= 11 is 6.10. The lowest BCUT2D eigenvalue weighted by Gasteiger charge is -2.10. The van der Waals surface area contributed by atoms with Gasteiger partial charge in [0.15, 0.2) is 0 Å².